The van der Waals surface area contributed by atoms with E-state index in [0.717, 1.165) is 12.8 Å². The lowest BCUT2D eigenvalue weighted by Gasteiger charge is -2.16. The van der Waals surface area contributed by atoms with Gasteiger partial charge < -0.3 is 4.52 Å². The average molecular weight is 262 g/mol. The molecule has 0 amide bonds. The van der Waals surface area contributed by atoms with Crippen molar-refractivity contribution >= 4 is 5.78 Å². The maximum Gasteiger partial charge on any atom is 0.389 e. The molecule has 0 aromatic carbocycles. The largest absolute Gasteiger partial charge is 0.389 e. The van der Waals surface area contributed by atoms with Crippen LogP contribution in [0.25, 0.3) is 0 Å². The highest BCUT2D eigenvalue weighted by Gasteiger charge is 2.30. The summed E-state index contributed by atoms with van der Waals surface area (Å²) >= 11 is 0. The first-order valence-corrected chi connectivity index (χ1v) is 5.87. The van der Waals surface area contributed by atoms with Gasteiger partial charge in [0.05, 0.1) is 12.3 Å². The molecule has 1 aromatic rings. The molecule has 100 valence electrons. The highest BCUT2D eigenvalue weighted by atomic mass is 19.4. The summed E-state index contributed by atoms with van der Waals surface area (Å²) < 4.78 is 41.0. The predicted molar refractivity (Wildman–Crippen MR) is 54.9 cm³/mol. The van der Waals surface area contributed by atoms with Gasteiger partial charge in [-0.2, -0.15) is 18.2 Å². The zero-order valence-electron chi connectivity index (χ0n) is 9.66. The van der Waals surface area contributed by atoms with E-state index in [2.05, 4.69) is 10.1 Å². The Morgan fingerprint density at radius 2 is 2.11 bits per heavy atom. The van der Waals surface area contributed by atoms with Crippen LogP contribution in [0.15, 0.2) is 4.52 Å². The Bertz CT molecular complexity index is 428. The van der Waals surface area contributed by atoms with Crippen LogP contribution in [0.3, 0.4) is 0 Å². The van der Waals surface area contributed by atoms with Crippen LogP contribution >= 0.6 is 0 Å². The van der Waals surface area contributed by atoms with Gasteiger partial charge in [0.15, 0.2) is 5.82 Å². The third-order valence-electron chi connectivity index (χ3n) is 2.97. The van der Waals surface area contributed by atoms with Crippen molar-refractivity contribution in [2.45, 2.75) is 50.6 Å². The van der Waals surface area contributed by atoms with Gasteiger partial charge in [0.1, 0.15) is 5.78 Å². The standard InChI is InChI=1S/C11H13F3N2O2/c12-11(13,14)6-5-9-15-10(18-16-9)7-3-1-2-4-8(7)17/h7H,1-6H2. The third kappa shape index (κ3) is 3.30. The van der Waals surface area contributed by atoms with Crippen molar-refractivity contribution in [3.05, 3.63) is 11.7 Å². The van der Waals surface area contributed by atoms with E-state index in [1.807, 2.05) is 0 Å². The summed E-state index contributed by atoms with van der Waals surface area (Å²) in [7, 11) is 0. The van der Waals surface area contributed by atoms with Gasteiger partial charge in [0, 0.05) is 12.8 Å². The number of ketones is 1. The van der Waals surface area contributed by atoms with Gasteiger partial charge in [0.25, 0.3) is 0 Å². The predicted octanol–water partition coefficient (Wildman–Crippen LogP) is 2.79. The summed E-state index contributed by atoms with van der Waals surface area (Å²) in [4.78, 5) is 15.5. The summed E-state index contributed by atoms with van der Waals surface area (Å²) in [5.41, 5.74) is 0. The van der Waals surface area contributed by atoms with E-state index in [9.17, 15) is 18.0 Å². The van der Waals surface area contributed by atoms with Gasteiger partial charge >= 0.3 is 6.18 Å². The number of alkyl halides is 3. The van der Waals surface area contributed by atoms with E-state index in [-0.39, 0.29) is 23.9 Å². The van der Waals surface area contributed by atoms with Crippen molar-refractivity contribution in [2.75, 3.05) is 0 Å². The lowest BCUT2D eigenvalue weighted by Crippen LogP contribution is -2.17. The summed E-state index contributed by atoms with van der Waals surface area (Å²) in [6.07, 6.45) is -2.66. The molecule has 1 fully saturated rings. The number of nitrogens with zero attached hydrogens (tertiary/aromatic N) is 2. The van der Waals surface area contributed by atoms with Gasteiger partial charge in [0.2, 0.25) is 5.89 Å². The normalized spacial score (nSPS) is 21.3. The fraction of sp³-hybridized carbons (Fsp3) is 0.727. The smallest absolute Gasteiger partial charge is 0.339 e. The number of hydrogen-bond acceptors (Lipinski definition) is 4. The van der Waals surface area contributed by atoms with E-state index >= 15 is 0 Å². The van der Waals surface area contributed by atoms with Crippen LogP contribution in [0, 0.1) is 0 Å². The molecule has 7 heteroatoms. The summed E-state index contributed by atoms with van der Waals surface area (Å²) in [5, 5.41) is 3.49. The topological polar surface area (TPSA) is 56.0 Å². The molecule has 1 atom stereocenters. The number of Topliss-reactive ketones (excluding diaryl/α,β-unsaturated/α-hetero) is 1. The fourth-order valence-corrected chi connectivity index (χ4v) is 2.01. The van der Waals surface area contributed by atoms with Gasteiger partial charge in [-0.25, -0.2) is 0 Å². The molecule has 0 saturated heterocycles. The van der Waals surface area contributed by atoms with E-state index in [4.69, 9.17) is 4.52 Å². The molecule has 0 radical (unpaired) electrons. The number of rotatable bonds is 3. The Morgan fingerprint density at radius 1 is 1.33 bits per heavy atom. The van der Waals surface area contributed by atoms with Crippen molar-refractivity contribution in [2.24, 2.45) is 0 Å². The highest BCUT2D eigenvalue weighted by Crippen LogP contribution is 2.29. The molecule has 0 bridgehead atoms. The lowest BCUT2D eigenvalue weighted by molar-refractivity contribution is -0.134. The Balaban J connectivity index is 1.99. The molecular formula is C11H13F3N2O2. The van der Waals surface area contributed by atoms with E-state index in [1.54, 1.807) is 0 Å². The Labute approximate surface area is 102 Å². The van der Waals surface area contributed by atoms with Crippen LogP contribution in [0.2, 0.25) is 0 Å². The minimum atomic E-state index is -4.23. The van der Waals surface area contributed by atoms with Crippen LogP contribution in [0.4, 0.5) is 13.2 Å². The molecule has 4 nitrogen and oxygen atoms in total. The maximum absolute atomic E-state index is 12.0. The van der Waals surface area contributed by atoms with Crippen molar-refractivity contribution in [1.29, 1.82) is 0 Å². The average Bonchev–Trinajstić information content (AvgIpc) is 2.75. The van der Waals surface area contributed by atoms with Crippen molar-refractivity contribution in [3.8, 4) is 0 Å². The second-order valence-corrected chi connectivity index (χ2v) is 4.43. The van der Waals surface area contributed by atoms with E-state index < -0.39 is 18.5 Å². The minimum Gasteiger partial charge on any atom is -0.339 e. The molecule has 2 rings (SSSR count). The number of halogens is 3. The van der Waals surface area contributed by atoms with Crippen LogP contribution in [0.5, 0.6) is 0 Å². The molecule has 1 aromatic heterocycles. The fourth-order valence-electron chi connectivity index (χ4n) is 2.01. The number of aromatic nitrogens is 2. The van der Waals surface area contributed by atoms with E-state index in [0.29, 0.717) is 12.8 Å². The summed E-state index contributed by atoms with van der Waals surface area (Å²) in [6, 6.07) is 0. The molecular weight excluding hydrogens is 249 g/mol. The summed E-state index contributed by atoms with van der Waals surface area (Å²) in [5.74, 6) is -0.212. The Kier molecular flexibility index (Phi) is 3.68. The van der Waals surface area contributed by atoms with Crippen LogP contribution in [-0.4, -0.2) is 22.1 Å². The van der Waals surface area contributed by atoms with Gasteiger partial charge in [-0.3, -0.25) is 4.79 Å². The first-order chi connectivity index (χ1) is 8.46. The molecule has 0 N–H and O–H groups in total. The monoisotopic (exact) mass is 262 g/mol. The van der Waals surface area contributed by atoms with Crippen LogP contribution in [0.1, 0.15) is 49.7 Å². The zero-order chi connectivity index (χ0) is 13.2. The van der Waals surface area contributed by atoms with Crippen LogP contribution in [-0.2, 0) is 11.2 Å². The van der Waals surface area contributed by atoms with Crippen molar-refractivity contribution < 1.29 is 22.5 Å². The van der Waals surface area contributed by atoms with Crippen LogP contribution < -0.4 is 0 Å². The SMILES string of the molecule is O=C1CCCCC1c1nc(CCC(F)(F)F)no1. The Hall–Kier alpha value is -1.40. The first kappa shape index (κ1) is 13.0. The first-order valence-electron chi connectivity index (χ1n) is 5.87. The molecule has 18 heavy (non-hydrogen) atoms. The maximum atomic E-state index is 12.0. The number of carbonyl (C=O) groups is 1. The zero-order valence-corrected chi connectivity index (χ0v) is 9.66. The third-order valence-corrected chi connectivity index (χ3v) is 2.97. The molecule has 1 saturated carbocycles. The Morgan fingerprint density at radius 3 is 2.78 bits per heavy atom. The van der Waals surface area contributed by atoms with Crippen molar-refractivity contribution in [1.82, 2.24) is 10.1 Å². The second kappa shape index (κ2) is 5.07. The molecule has 1 aliphatic carbocycles. The van der Waals surface area contributed by atoms with Gasteiger partial charge in [-0.1, -0.05) is 11.6 Å². The molecule has 1 unspecified atom stereocenters. The number of aryl methyl sites for hydroxylation is 1. The summed E-state index contributed by atoms with van der Waals surface area (Å²) in [6.45, 7) is 0. The lowest BCUT2D eigenvalue weighted by atomic mass is 9.88. The number of carbonyl (C=O) groups excluding carboxylic acids is 1. The molecule has 0 aliphatic heterocycles. The number of hydrogen-bond donors (Lipinski definition) is 0. The van der Waals surface area contributed by atoms with E-state index in [1.165, 1.54) is 0 Å². The molecule has 1 heterocycles. The minimum absolute atomic E-state index is 0.0145. The second-order valence-electron chi connectivity index (χ2n) is 4.43. The quantitative estimate of drug-likeness (QED) is 0.840. The van der Waals surface area contributed by atoms with Gasteiger partial charge in [-0.05, 0) is 12.8 Å². The molecule has 0 spiro atoms. The highest BCUT2D eigenvalue weighted by molar-refractivity contribution is 5.85. The molecule has 1 aliphatic rings. The van der Waals surface area contributed by atoms with Gasteiger partial charge in [-0.15, -0.1) is 0 Å². The van der Waals surface area contributed by atoms with Crippen molar-refractivity contribution in [3.63, 3.8) is 0 Å².